The van der Waals surface area contributed by atoms with Gasteiger partial charge in [-0.1, -0.05) is 13.3 Å². The predicted octanol–water partition coefficient (Wildman–Crippen LogP) is 2.16. The van der Waals surface area contributed by atoms with Gasteiger partial charge in [-0.2, -0.15) is 5.10 Å². The molecule has 126 valence electrons. The van der Waals surface area contributed by atoms with Gasteiger partial charge in [0.25, 0.3) is 0 Å². The molecule has 0 spiro atoms. The van der Waals surface area contributed by atoms with Gasteiger partial charge < -0.3 is 0 Å². The average Bonchev–Trinajstić information content (AvgIpc) is 3.20. The molecular formula is C16H27N7. The number of hydrogen-bond acceptors (Lipinski definition) is 5. The monoisotopic (exact) mass is 317 g/mol. The van der Waals surface area contributed by atoms with Gasteiger partial charge in [-0.05, 0) is 50.1 Å². The lowest BCUT2D eigenvalue weighted by Gasteiger charge is -2.24. The van der Waals surface area contributed by atoms with Crippen molar-refractivity contribution in [3.8, 4) is 0 Å². The maximum atomic E-state index is 4.59. The normalized spacial score (nSPS) is 18.9. The summed E-state index contributed by atoms with van der Waals surface area (Å²) in [7, 11) is 2.02. The number of hydrogen-bond donors (Lipinski definition) is 0. The van der Waals surface area contributed by atoms with E-state index in [9.17, 15) is 0 Å². The minimum Gasteiger partial charge on any atom is -0.289 e. The van der Waals surface area contributed by atoms with Crippen LogP contribution in [0, 0.1) is 13.8 Å². The van der Waals surface area contributed by atoms with Crippen molar-refractivity contribution >= 4 is 0 Å². The van der Waals surface area contributed by atoms with E-state index in [1.807, 2.05) is 16.4 Å². The van der Waals surface area contributed by atoms with Crippen LogP contribution in [0.1, 0.15) is 61.4 Å². The number of rotatable bonds is 6. The molecule has 7 heteroatoms. The number of nitrogens with zero attached hydrogens (tertiary/aromatic N) is 7. The molecule has 1 unspecified atom stereocenters. The minimum atomic E-state index is 0.431. The van der Waals surface area contributed by atoms with Gasteiger partial charge in [0.15, 0.2) is 5.82 Å². The van der Waals surface area contributed by atoms with E-state index in [1.54, 1.807) is 0 Å². The van der Waals surface area contributed by atoms with Crippen molar-refractivity contribution in [2.24, 2.45) is 7.05 Å². The zero-order valence-corrected chi connectivity index (χ0v) is 14.7. The maximum Gasteiger partial charge on any atom is 0.165 e. The molecule has 1 aliphatic heterocycles. The molecule has 3 rings (SSSR count). The molecule has 0 aromatic carbocycles. The van der Waals surface area contributed by atoms with Gasteiger partial charge in [-0.25, -0.2) is 4.68 Å². The SMILES string of the molecule is CCCCn1nnnc1CN1CCCC1c1c(C)nn(C)c1C. The molecule has 0 bridgehead atoms. The smallest absolute Gasteiger partial charge is 0.165 e. The second kappa shape index (κ2) is 6.78. The fraction of sp³-hybridized carbons (Fsp3) is 0.750. The van der Waals surface area contributed by atoms with Gasteiger partial charge in [-0.15, -0.1) is 5.10 Å². The molecule has 1 fully saturated rings. The first-order chi connectivity index (χ1) is 11.1. The zero-order valence-electron chi connectivity index (χ0n) is 14.7. The van der Waals surface area contributed by atoms with Gasteiger partial charge in [0.2, 0.25) is 0 Å². The molecule has 0 saturated carbocycles. The number of aryl methyl sites for hydroxylation is 3. The minimum absolute atomic E-state index is 0.431. The van der Waals surface area contributed by atoms with Crippen LogP contribution in [0.15, 0.2) is 0 Å². The lowest BCUT2D eigenvalue weighted by atomic mass is 10.0. The second-order valence-electron chi connectivity index (χ2n) is 6.51. The Morgan fingerprint density at radius 1 is 1.26 bits per heavy atom. The van der Waals surface area contributed by atoms with Gasteiger partial charge in [0.05, 0.1) is 12.2 Å². The van der Waals surface area contributed by atoms with Crippen LogP contribution >= 0.6 is 0 Å². The lowest BCUT2D eigenvalue weighted by Crippen LogP contribution is -2.25. The first-order valence-electron chi connectivity index (χ1n) is 8.61. The van der Waals surface area contributed by atoms with Crippen LogP contribution in [0.25, 0.3) is 0 Å². The van der Waals surface area contributed by atoms with E-state index in [1.165, 1.54) is 24.1 Å². The van der Waals surface area contributed by atoms with E-state index in [2.05, 4.69) is 46.3 Å². The van der Waals surface area contributed by atoms with Gasteiger partial charge >= 0.3 is 0 Å². The van der Waals surface area contributed by atoms with Crippen molar-refractivity contribution in [2.45, 2.75) is 65.6 Å². The number of tetrazole rings is 1. The second-order valence-corrected chi connectivity index (χ2v) is 6.51. The van der Waals surface area contributed by atoms with E-state index < -0.39 is 0 Å². The highest BCUT2D eigenvalue weighted by Crippen LogP contribution is 2.36. The number of aromatic nitrogens is 6. The Kier molecular flexibility index (Phi) is 4.75. The molecule has 2 aromatic rings. The zero-order chi connectivity index (χ0) is 16.4. The molecule has 7 nitrogen and oxygen atoms in total. The average molecular weight is 317 g/mol. The van der Waals surface area contributed by atoms with Crippen molar-refractivity contribution in [3.63, 3.8) is 0 Å². The topological polar surface area (TPSA) is 64.7 Å². The molecule has 1 atom stereocenters. The van der Waals surface area contributed by atoms with E-state index in [-0.39, 0.29) is 0 Å². The van der Waals surface area contributed by atoms with Crippen molar-refractivity contribution < 1.29 is 0 Å². The third kappa shape index (κ3) is 3.15. The van der Waals surface area contributed by atoms with Crippen LogP contribution in [-0.2, 0) is 20.1 Å². The fourth-order valence-corrected chi connectivity index (χ4v) is 3.61. The van der Waals surface area contributed by atoms with Crippen LogP contribution in [0.4, 0.5) is 0 Å². The molecule has 2 aromatic heterocycles. The fourth-order valence-electron chi connectivity index (χ4n) is 3.61. The van der Waals surface area contributed by atoms with Crippen LogP contribution in [0.2, 0.25) is 0 Å². The van der Waals surface area contributed by atoms with Crippen molar-refractivity contribution in [3.05, 3.63) is 22.8 Å². The van der Waals surface area contributed by atoms with Gasteiger partial charge in [-0.3, -0.25) is 9.58 Å². The highest BCUT2D eigenvalue weighted by Gasteiger charge is 2.31. The van der Waals surface area contributed by atoms with Gasteiger partial charge in [0, 0.05) is 30.9 Å². The van der Waals surface area contributed by atoms with Crippen LogP contribution < -0.4 is 0 Å². The summed E-state index contributed by atoms with van der Waals surface area (Å²) < 4.78 is 3.95. The summed E-state index contributed by atoms with van der Waals surface area (Å²) >= 11 is 0. The number of unbranched alkanes of at least 4 members (excludes halogenated alkanes) is 1. The summed E-state index contributed by atoms with van der Waals surface area (Å²) in [5.41, 5.74) is 3.80. The molecular weight excluding hydrogens is 290 g/mol. The lowest BCUT2D eigenvalue weighted by molar-refractivity contribution is 0.235. The Balaban J connectivity index is 1.79. The molecule has 3 heterocycles. The summed E-state index contributed by atoms with van der Waals surface area (Å²) in [6, 6.07) is 0.431. The van der Waals surface area contributed by atoms with E-state index in [4.69, 9.17) is 0 Å². The number of likely N-dealkylation sites (tertiary alicyclic amines) is 1. The van der Waals surface area contributed by atoms with Crippen molar-refractivity contribution in [1.29, 1.82) is 0 Å². The van der Waals surface area contributed by atoms with Crippen LogP contribution in [0.3, 0.4) is 0 Å². The third-order valence-corrected chi connectivity index (χ3v) is 4.94. The molecule has 1 saturated heterocycles. The maximum absolute atomic E-state index is 4.59. The molecule has 23 heavy (non-hydrogen) atoms. The molecule has 1 aliphatic rings. The van der Waals surface area contributed by atoms with Crippen molar-refractivity contribution in [1.82, 2.24) is 34.9 Å². The molecule has 0 radical (unpaired) electrons. The standard InChI is InChI=1S/C16H27N7/c1-5-6-10-23-15(17-19-20-23)11-22-9-7-8-14(22)16-12(2)18-21(4)13(16)3/h14H,5-11H2,1-4H3. The largest absolute Gasteiger partial charge is 0.289 e. The van der Waals surface area contributed by atoms with E-state index >= 15 is 0 Å². The van der Waals surface area contributed by atoms with Crippen LogP contribution in [-0.4, -0.2) is 41.4 Å². The van der Waals surface area contributed by atoms with E-state index in [0.29, 0.717) is 6.04 Å². The quantitative estimate of drug-likeness (QED) is 0.817. The molecule has 0 N–H and O–H groups in total. The summed E-state index contributed by atoms with van der Waals surface area (Å²) in [4.78, 5) is 2.51. The Morgan fingerprint density at radius 2 is 2.09 bits per heavy atom. The molecule has 0 aliphatic carbocycles. The Labute approximate surface area is 137 Å². The predicted molar refractivity (Wildman–Crippen MR) is 87.8 cm³/mol. The third-order valence-electron chi connectivity index (χ3n) is 4.94. The summed E-state index contributed by atoms with van der Waals surface area (Å²) in [6.45, 7) is 9.28. The van der Waals surface area contributed by atoms with Crippen molar-refractivity contribution in [2.75, 3.05) is 6.54 Å². The Bertz CT molecular complexity index is 657. The Morgan fingerprint density at radius 3 is 2.78 bits per heavy atom. The first-order valence-corrected chi connectivity index (χ1v) is 8.61. The summed E-state index contributed by atoms with van der Waals surface area (Å²) in [5, 5.41) is 16.9. The molecule has 0 amide bonds. The van der Waals surface area contributed by atoms with Crippen LogP contribution in [0.5, 0.6) is 0 Å². The summed E-state index contributed by atoms with van der Waals surface area (Å²) in [5.74, 6) is 0.976. The highest BCUT2D eigenvalue weighted by molar-refractivity contribution is 5.29. The summed E-state index contributed by atoms with van der Waals surface area (Å²) in [6.07, 6.45) is 4.67. The first kappa shape index (κ1) is 16.1. The van der Waals surface area contributed by atoms with E-state index in [0.717, 1.165) is 44.0 Å². The highest BCUT2D eigenvalue weighted by atomic mass is 15.5. The Hall–Kier alpha value is -1.76. The van der Waals surface area contributed by atoms with Gasteiger partial charge in [0.1, 0.15) is 0 Å².